The zero-order chi connectivity index (χ0) is 18.3. The van der Waals surface area contributed by atoms with E-state index in [1.807, 2.05) is 6.92 Å². The number of piperazine rings is 1. The van der Waals surface area contributed by atoms with E-state index in [2.05, 4.69) is 32.9 Å². The number of hydrogen-bond acceptors (Lipinski definition) is 5. The quantitative estimate of drug-likeness (QED) is 0.769. The minimum absolute atomic E-state index is 0.287. The Morgan fingerprint density at radius 3 is 2.65 bits per heavy atom. The summed E-state index contributed by atoms with van der Waals surface area (Å²) in [6.07, 6.45) is 1.65. The van der Waals surface area contributed by atoms with Crippen LogP contribution >= 0.6 is 0 Å². The van der Waals surface area contributed by atoms with Crippen LogP contribution in [0.5, 0.6) is 0 Å². The van der Waals surface area contributed by atoms with Crippen molar-refractivity contribution in [3.05, 3.63) is 41.3 Å². The highest BCUT2D eigenvalue weighted by Crippen LogP contribution is 2.32. The minimum Gasteiger partial charge on any atom is -0.345 e. The molecule has 3 heterocycles. The molecular formula is C19H19FN6. The van der Waals surface area contributed by atoms with Crippen molar-refractivity contribution in [2.45, 2.75) is 6.92 Å². The van der Waals surface area contributed by atoms with Gasteiger partial charge in [-0.2, -0.15) is 10.2 Å². The van der Waals surface area contributed by atoms with Crippen molar-refractivity contribution in [3.63, 3.8) is 0 Å². The number of aromatic nitrogens is 3. The molecule has 7 heteroatoms. The molecule has 1 saturated heterocycles. The molecule has 4 rings (SSSR count). The second-order valence-electron chi connectivity index (χ2n) is 6.66. The predicted molar refractivity (Wildman–Crippen MR) is 98.4 cm³/mol. The van der Waals surface area contributed by atoms with Gasteiger partial charge in [-0.25, -0.2) is 9.37 Å². The molecule has 2 aromatic heterocycles. The van der Waals surface area contributed by atoms with Gasteiger partial charge in [-0.15, -0.1) is 0 Å². The van der Waals surface area contributed by atoms with E-state index in [1.165, 1.54) is 12.1 Å². The number of rotatable bonds is 2. The van der Waals surface area contributed by atoms with E-state index in [0.717, 1.165) is 37.3 Å². The zero-order valence-corrected chi connectivity index (χ0v) is 14.8. The summed E-state index contributed by atoms with van der Waals surface area (Å²) in [6.45, 7) is 5.42. The molecule has 0 radical (unpaired) electrons. The molecule has 1 aromatic carbocycles. The second-order valence-corrected chi connectivity index (χ2v) is 6.66. The summed E-state index contributed by atoms with van der Waals surface area (Å²) in [5.74, 6) is 0.348. The third kappa shape index (κ3) is 2.78. The lowest BCUT2D eigenvalue weighted by Gasteiger charge is -2.32. The lowest BCUT2D eigenvalue weighted by atomic mass is 10.0. The fourth-order valence-electron chi connectivity index (χ4n) is 3.34. The maximum Gasteiger partial charge on any atom is 0.228 e. The summed E-state index contributed by atoms with van der Waals surface area (Å²) >= 11 is 0. The van der Waals surface area contributed by atoms with Crippen molar-refractivity contribution in [1.82, 2.24) is 19.9 Å². The number of hydrogen-bond donors (Lipinski definition) is 1. The SMILES string of the molecule is Cc1cc(F)ccc1-c1nc(N2CCN(C)CC2)nc2[nH]cc(C#N)c12. The molecule has 3 aromatic rings. The van der Waals surface area contributed by atoms with Crippen LogP contribution in [0.25, 0.3) is 22.3 Å². The Labute approximate surface area is 150 Å². The van der Waals surface area contributed by atoms with Crippen LogP contribution in [-0.2, 0) is 0 Å². The van der Waals surface area contributed by atoms with Gasteiger partial charge in [0.15, 0.2) is 0 Å². The number of nitriles is 1. The highest BCUT2D eigenvalue weighted by molar-refractivity contribution is 5.96. The third-order valence-electron chi connectivity index (χ3n) is 4.87. The molecule has 26 heavy (non-hydrogen) atoms. The Hall–Kier alpha value is -2.98. The molecule has 1 fully saturated rings. The van der Waals surface area contributed by atoms with Crippen LogP contribution in [0.2, 0.25) is 0 Å². The molecule has 0 spiro atoms. The summed E-state index contributed by atoms with van der Waals surface area (Å²) in [4.78, 5) is 16.9. The number of nitrogens with one attached hydrogen (secondary N) is 1. The Kier molecular flexibility index (Phi) is 4.05. The number of fused-ring (bicyclic) bond motifs is 1. The molecule has 1 N–H and O–H groups in total. The van der Waals surface area contributed by atoms with E-state index in [-0.39, 0.29) is 5.82 Å². The van der Waals surface area contributed by atoms with Crippen molar-refractivity contribution in [2.24, 2.45) is 0 Å². The van der Waals surface area contributed by atoms with E-state index in [1.54, 1.807) is 12.3 Å². The first-order chi connectivity index (χ1) is 12.6. The summed E-state index contributed by atoms with van der Waals surface area (Å²) in [5, 5.41) is 10.1. The van der Waals surface area contributed by atoms with E-state index >= 15 is 0 Å². The smallest absolute Gasteiger partial charge is 0.228 e. The Balaban J connectivity index is 1.91. The van der Waals surface area contributed by atoms with Gasteiger partial charge < -0.3 is 14.8 Å². The van der Waals surface area contributed by atoms with Crippen LogP contribution in [0.1, 0.15) is 11.1 Å². The van der Waals surface area contributed by atoms with Crippen molar-refractivity contribution >= 4 is 17.0 Å². The maximum absolute atomic E-state index is 13.6. The van der Waals surface area contributed by atoms with Gasteiger partial charge >= 0.3 is 0 Å². The fourth-order valence-corrected chi connectivity index (χ4v) is 3.34. The number of benzene rings is 1. The van der Waals surface area contributed by atoms with Crippen LogP contribution in [0, 0.1) is 24.1 Å². The van der Waals surface area contributed by atoms with Gasteiger partial charge in [0.2, 0.25) is 5.95 Å². The van der Waals surface area contributed by atoms with Crippen LogP contribution in [-0.4, -0.2) is 53.1 Å². The molecule has 0 unspecified atom stereocenters. The maximum atomic E-state index is 13.6. The van der Waals surface area contributed by atoms with E-state index < -0.39 is 0 Å². The number of anilines is 1. The summed E-state index contributed by atoms with van der Waals surface area (Å²) in [5.41, 5.74) is 3.37. The first-order valence-corrected chi connectivity index (χ1v) is 8.56. The normalized spacial score (nSPS) is 15.4. The molecule has 0 amide bonds. The first kappa shape index (κ1) is 16.5. The van der Waals surface area contributed by atoms with Crippen LogP contribution < -0.4 is 4.90 Å². The molecule has 0 saturated carbocycles. The average molecular weight is 350 g/mol. The minimum atomic E-state index is -0.287. The average Bonchev–Trinajstić information content (AvgIpc) is 3.05. The summed E-state index contributed by atoms with van der Waals surface area (Å²) in [7, 11) is 2.10. The summed E-state index contributed by atoms with van der Waals surface area (Å²) in [6, 6.07) is 6.81. The second kappa shape index (κ2) is 6.39. The largest absolute Gasteiger partial charge is 0.345 e. The van der Waals surface area contributed by atoms with Crippen molar-refractivity contribution in [1.29, 1.82) is 5.26 Å². The molecule has 1 aliphatic heterocycles. The molecular weight excluding hydrogens is 331 g/mol. The number of aromatic amines is 1. The Bertz CT molecular complexity index is 1010. The van der Waals surface area contributed by atoms with Gasteiger partial charge in [0.1, 0.15) is 17.5 Å². The first-order valence-electron chi connectivity index (χ1n) is 8.56. The van der Waals surface area contributed by atoms with Crippen molar-refractivity contribution in [2.75, 3.05) is 38.1 Å². The molecule has 6 nitrogen and oxygen atoms in total. The summed E-state index contributed by atoms with van der Waals surface area (Å²) < 4.78 is 13.6. The van der Waals surface area contributed by atoms with Gasteiger partial charge in [0, 0.05) is 37.9 Å². The van der Waals surface area contributed by atoms with E-state index in [9.17, 15) is 9.65 Å². The van der Waals surface area contributed by atoms with Gasteiger partial charge in [0.25, 0.3) is 0 Å². The standard InChI is InChI=1S/C19H19FN6/c1-12-9-14(20)3-4-15(12)17-16-13(10-21)11-22-18(16)24-19(23-17)26-7-5-25(2)6-8-26/h3-4,9,11H,5-8H2,1-2H3,(H,22,23,24). The number of likely N-dealkylation sites (N-methyl/N-ethyl adjacent to an activating group) is 1. The van der Waals surface area contributed by atoms with Crippen LogP contribution in [0.3, 0.4) is 0 Å². The predicted octanol–water partition coefficient (Wildman–Crippen LogP) is 2.70. The van der Waals surface area contributed by atoms with Gasteiger partial charge in [-0.05, 0) is 37.7 Å². The Morgan fingerprint density at radius 2 is 1.96 bits per heavy atom. The van der Waals surface area contributed by atoms with Gasteiger partial charge in [-0.1, -0.05) is 0 Å². The highest BCUT2D eigenvalue weighted by Gasteiger charge is 2.21. The number of H-pyrrole nitrogens is 1. The molecule has 132 valence electrons. The Morgan fingerprint density at radius 1 is 1.19 bits per heavy atom. The van der Waals surface area contributed by atoms with E-state index in [0.29, 0.717) is 28.2 Å². The van der Waals surface area contributed by atoms with Crippen LogP contribution in [0.4, 0.5) is 10.3 Å². The molecule has 0 aliphatic carbocycles. The topological polar surface area (TPSA) is 71.8 Å². The monoisotopic (exact) mass is 350 g/mol. The van der Waals surface area contributed by atoms with Crippen molar-refractivity contribution in [3.8, 4) is 17.3 Å². The van der Waals surface area contributed by atoms with Crippen LogP contribution in [0.15, 0.2) is 24.4 Å². The number of nitrogens with zero attached hydrogens (tertiary/aromatic N) is 5. The number of aryl methyl sites for hydroxylation is 1. The highest BCUT2D eigenvalue weighted by atomic mass is 19.1. The fraction of sp³-hybridized carbons (Fsp3) is 0.316. The zero-order valence-electron chi connectivity index (χ0n) is 14.8. The third-order valence-corrected chi connectivity index (χ3v) is 4.87. The van der Waals surface area contributed by atoms with Gasteiger partial charge in [-0.3, -0.25) is 0 Å². The van der Waals surface area contributed by atoms with E-state index in [4.69, 9.17) is 4.98 Å². The lowest BCUT2D eigenvalue weighted by Crippen LogP contribution is -2.45. The molecule has 1 aliphatic rings. The van der Waals surface area contributed by atoms with Gasteiger partial charge in [0.05, 0.1) is 16.6 Å². The lowest BCUT2D eigenvalue weighted by molar-refractivity contribution is 0.311. The molecule has 0 atom stereocenters. The van der Waals surface area contributed by atoms with Crippen molar-refractivity contribution < 1.29 is 4.39 Å². The molecule has 0 bridgehead atoms. The number of halogens is 1.